The Labute approximate surface area is 101 Å². The second-order valence-electron chi connectivity index (χ2n) is 3.98. The molecule has 0 aromatic heterocycles. The Morgan fingerprint density at radius 3 is 2.24 bits per heavy atom. The summed E-state index contributed by atoms with van der Waals surface area (Å²) < 4.78 is 24.0. The lowest BCUT2D eigenvalue weighted by molar-refractivity contribution is -0.136. The first-order valence-electron chi connectivity index (χ1n) is 5.42. The van der Waals surface area contributed by atoms with Crippen molar-refractivity contribution < 1.29 is 18.3 Å². The zero-order chi connectivity index (χ0) is 13.1. The highest BCUT2D eigenvalue weighted by atomic mass is 32.2. The van der Waals surface area contributed by atoms with E-state index in [0.29, 0.717) is 12.0 Å². The summed E-state index contributed by atoms with van der Waals surface area (Å²) in [6.07, 6.45) is 0.461. The van der Waals surface area contributed by atoms with E-state index in [1.165, 1.54) is 12.1 Å². The van der Waals surface area contributed by atoms with Crippen LogP contribution in [0, 0.1) is 0 Å². The smallest absolute Gasteiger partial charge is 0.307 e. The van der Waals surface area contributed by atoms with Crippen molar-refractivity contribution in [2.75, 3.05) is 0 Å². The van der Waals surface area contributed by atoms with Crippen molar-refractivity contribution in [2.45, 2.75) is 36.8 Å². The SMILES string of the molecule is CCC(C)S(=O)(=O)c1ccc(CC(=O)O)cc1. The lowest BCUT2D eigenvalue weighted by Gasteiger charge is -2.10. The number of sulfone groups is 1. The van der Waals surface area contributed by atoms with Crippen molar-refractivity contribution in [1.29, 1.82) is 0 Å². The van der Waals surface area contributed by atoms with Crippen molar-refractivity contribution in [2.24, 2.45) is 0 Å². The van der Waals surface area contributed by atoms with E-state index in [9.17, 15) is 13.2 Å². The third-order valence-corrected chi connectivity index (χ3v) is 5.03. The first kappa shape index (κ1) is 13.7. The largest absolute Gasteiger partial charge is 0.481 e. The van der Waals surface area contributed by atoms with Crippen LogP contribution in [0.2, 0.25) is 0 Å². The van der Waals surface area contributed by atoms with Gasteiger partial charge in [-0.2, -0.15) is 0 Å². The van der Waals surface area contributed by atoms with Crippen LogP contribution in [0.15, 0.2) is 29.2 Å². The number of benzene rings is 1. The van der Waals surface area contributed by atoms with Crippen LogP contribution in [0.1, 0.15) is 25.8 Å². The molecule has 0 heterocycles. The van der Waals surface area contributed by atoms with Gasteiger partial charge in [0.2, 0.25) is 0 Å². The Morgan fingerprint density at radius 2 is 1.82 bits per heavy atom. The van der Waals surface area contributed by atoms with Gasteiger partial charge in [-0.1, -0.05) is 19.1 Å². The van der Waals surface area contributed by atoms with E-state index in [4.69, 9.17) is 5.11 Å². The molecule has 4 nitrogen and oxygen atoms in total. The molecule has 0 spiro atoms. The minimum atomic E-state index is -3.28. The summed E-state index contributed by atoms with van der Waals surface area (Å²) in [5, 5.41) is 8.18. The number of hydrogen-bond donors (Lipinski definition) is 1. The molecule has 0 saturated heterocycles. The normalized spacial score (nSPS) is 13.3. The van der Waals surface area contributed by atoms with Crippen molar-refractivity contribution in [3.63, 3.8) is 0 Å². The summed E-state index contributed by atoms with van der Waals surface area (Å²) in [7, 11) is -3.28. The third-order valence-electron chi connectivity index (χ3n) is 2.71. The molecule has 0 saturated carbocycles. The average Bonchev–Trinajstić information content (AvgIpc) is 2.27. The van der Waals surface area contributed by atoms with Gasteiger partial charge in [0.25, 0.3) is 0 Å². The maximum atomic E-state index is 12.0. The van der Waals surface area contributed by atoms with Crippen molar-refractivity contribution >= 4 is 15.8 Å². The summed E-state index contributed by atoms with van der Waals surface area (Å²) in [5.74, 6) is -0.928. The van der Waals surface area contributed by atoms with E-state index >= 15 is 0 Å². The van der Waals surface area contributed by atoms with Gasteiger partial charge in [-0.3, -0.25) is 4.79 Å². The predicted molar refractivity (Wildman–Crippen MR) is 64.7 cm³/mol. The minimum absolute atomic E-state index is 0.0936. The van der Waals surface area contributed by atoms with E-state index in [2.05, 4.69) is 0 Å². The number of carboxylic acids is 1. The summed E-state index contributed by atoms with van der Waals surface area (Å²) in [6, 6.07) is 6.03. The Kier molecular flexibility index (Phi) is 4.28. The molecule has 0 amide bonds. The molecule has 1 aromatic rings. The van der Waals surface area contributed by atoms with Gasteiger partial charge in [-0.15, -0.1) is 0 Å². The molecule has 1 rings (SSSR count). The van der Waals surface area contributed by atoms with Gasteiger partial charge < -0.3 is 5.11 Å². The van der Waals surface area contributed by atoms with Gasteiger partial charge in [0, 0.05) is 0 Å². The standard InChI is InChI=1S/C12H16O4S/c1-3-9(2)17(15,16)11-6-4-10(5-7-11)8-12(13)14/h4-7,9H,3,8H2,1-2H3,(H,13,14). The number of aliphatic carboxylic acids is 1. The van der Waals surface area contributed by atoms with Crippen LogP contribution < -0.4 is 0 Å². The number of hydrogen-bond acceptors (Lipinski definition) is 3. The second-order valence-corrected chi connectivity index (χ2v) is 6.34. The van der Waals surface area contributed by atoms with Crippen LogP contribution in [0.3, 0.4) is 0 Å². The maximum absolute atomic E-state index is 12.0. The zero-order valence-corrected chi connectivity index (χ0v) is 10.7. The van der Waals surface area contributed by atoms with E-state index in [0.717, 1.165) is 0 Å². The Morgan fingerprint density at radius 1 is 1.29 bits per heavy atom. The molecule has 0 aliphatic carbocycles. The number of carboxylic acid groups (broad SMARTS) is 1. The summed E-state index contributed by atoms with van der Waals surface area (Å²) in [5.41, 5.74) is 0.598. The van der Waals surface area contributed by atoms with Crippen LogP contribution in [-0.2, 0) is 21.1 Å². The summed E-state index contributed by atoms with van der Waals surface area (Å²) >= 11 is 0. The number of rotatable bonds is 5. The second kappa shape index (κ2) is 5.31. The monoisotopic (exact) mass is 256 g/mol. The fourth-order valence-corrected chi connectivity index (χ4v) is 2.84. The van der Waals surface area contributed by atoms with Gasteiger partial charge in [0.15, 0.2) is 9.84 Å². The van der Waals surface area contributed by atoms with Crippen LogP contribution in [0.4, 0.5) is 0 Å². The van der Waals surface area contributed by atoms with Gasteiger partial charge >= 0.3 is 5.97 Å². The molecule has 0 aliphatic rings. The van der Waals surface area contributed by atoms with Gasteiger partial charge in [0.05, 0.1) is 16.6 Å². The molecule has 1 aromatic carbocycles. The third kappa shape index (κ3) is 3.30. The lowest BCUT2D eigenvalue weighted by Crippen LogP contribution is -2.16. The predicted octanol–water partition coefficient (Wildman–Crippen LogP) is 1.89. The van der Waals surface area contributed by atoms with Crippen molar-refractivity contribution in [3.8, 4) is 0 Å². The highest BCUT2D eigenvalue weighted by molar-refractivity contribution is 7.92. The molecule has 0 fully saturated rings. The quantitative estimate of drug-likeness (QED) is 0.873. The molecular weight excluding hydrogens is 240 g/mol. The molecular formula is C12H16O4S. The molecule has 0 bridgehead atoms. The molecule has 94 valence electrons. The lowest BCUT2D eigenvalue weighted by atomic mass is 10.2. The van der Waals surface area contributed by atoms with Crippen LogP contribution in [0.25, 0.3) is 0 Å². The number of carbonyl (C=O) groups is 1. The topological polar surface area (TPSA) is 71.4 Å². The fourth-order valence-electron chi connectivity index (χ4n) is 1.42. The Balaban J connectivity index is 2.99. The van der Waals surface area contributed by atoms with Gasteiger partial charge in [-0.25, -0.2) is 8.42 Å². The summed E-state index contributed by atoms with van der Waals surface area (Å²) in [4.78, 5) is 10.7. The maximum Gasteiger partial charge on any atom is 0.307 e. The molecule has 0 radical (unpaired) electrons. The average molecular weight is 256 g/mol. The van der Waals surface area contributed by atoms with Crippen molar-refractivity contribution in [1.82, 2.24) is 0 Å². The van der Waals surface area contributed by atoms with Crippen LogP contribution >= 0.6 is 0 Å². The first-order valence-corrected chi connectivity index (χ1v) is 6.97. The summed E-state index contributed by atoms with van der Waals surface area (Å²) in [6.45, 7) is 3.49. The first-order chi connectivity index (χ1) is 7.87. The fraction of sp³-hybridized carbons (Fsp3) is 0.417. The highest BCUT2D eigenvalue weighted by Gasteiger charge is 2.21. The van der Waals surface area contributed by atoms with E-state index in [1.54, 1.807) is 19.1 Å². The van der Waals surface area contributed by atoms with Gasteiger partial charge in [-0.05, 0) is 31.0 Å². The van der Waals surface area contributed by atoms with Gasteiger partial charge in [0.1, 0.15) is 0 Å². The minimum Gasteiger partial charge on any atom is -0.481 e. The zero-order valence-electron chi connectivity index (χ0n) is 9.88. The molecule has 1 atom stereocenters. The van der Waals surface area contributed by atoms with E-state index in [1.807, 2.05) is 6.92 Å². The molecule has 1 N–H and O–H groups in total. The Bertz CT molecular complexity index is 488. The van der Waals surface area contributed by atoms with Crippen molar-refractivity contribution in [3.05, 3.63) is 29.8 Å². The van der Waals surface area contributed by atoms with Crippen LogP contribution in [-0.4, -0.2) is 24.7 Å². The van der Waals surface area contributed by atoms with E-state index < -0.39 is 21.1 Å². The van der Waals surface area contributed by atoms with Crippen LogP contribution in [0.5, 0.6) is 0 Å². The molecule has 17 heavy (non-hydrogen) atoms. The van der Waals surface area contributed by atoms with E-state index in [-0.39, 0.29) is 11.3 Å². The molecule has 1 unspecified atom stereocenters. The Hall–Kier alpha value is -1.36. The molecule has 0 aliphatic heterocycles. The highest BCUT2D eigenvalue weighted by Crippen LogP contribution is 2.18. The molecule has 5 heteroatoms.